The van der Waals surface area contributed by atoms with E-state index in [0.717, 1.165) is 44.9 Å². The van der Waals surface area contributed by atoms with Crippen LogP contribution in [0.5, 0.6) is 0 Å². The highest BCUT2D eigenvalue weighted by molar-refractivity contribution is 5.06. The molecule has 1 unspecified atom stereocenters. The summed E-state index contributed by atoms with van der Waals surface area (Å²) in [5.41, 5.74) is 5.88. The lowest BCUT2D eigenvalue weighted by Crippen LogP contribution is -2.47. The van der Waals surface area contributed by atoms with Crippen molar-refractivity contribution in [3.8, 4) is 0 Å². The van der Waals surface area contributed by atoms with E-state index in [1.165, 1.54) is 0 Å². The van der Waals surface area contributed by atoms with Crippen molar-refractivity contribution >= 4 is 0 Å². The maximum Gasteiger partial charge on any atom is 0.170 e. The molecule has 2 aliphatic rings. The summed E-state index contributed by atoms with van der Waals surface area (Å²) in [6.45, 7) is 3.88. The van der Waals surface area contributed by atoms with E-state index in [4.69, 9.17) is 19.6 Å². The Hall–Kier alpha value is -0.880. The topological polar surface area (TPSA) is 60.9 Å². The standard InChI is InChI=1S/C13H20N2O3/c14-10-11(12-2-1-7-16-12)15-5-3-13(4-6-15)17-8-9-18-13/h1-2,7,11H,3-6,8-10,14H2. The summed E-state index contributed by atoms with van der Waals surface area (Å²) in [4.78, 5) is 2.36. The summed E-state index contributed by atoms with van der Waals surface area (Å²) in [6, 6.07) is 4.07. The molecule has 5 heteroatoms. The van der Waals surface area contributed by atoms with Crippen LogP contribution >= 0.6 is 0 Å². The first-order valence-electron chi connectivity index (χ1n) is 6.58. The van der Waals surface area contributed by atoms with E-state index in [1.807, 2.05) is 12.1 Å². The molecule has 2 N–H and O–H groups in total. The van der Waals surface area contributed by atoms with Gasteiger partial charge in [0.25, 0.3) is 0 Å². The largest absolute Gasteiger partial charge is 0.468 e. The molecule has 5 nitrogen and oxygen atoms in total. The molecule has 2 saturated heterocycles. The van der Waals surface area contributed by atoms with Crippen molar-refractivity contribution in [2.24, 2.45) is 5.73 Å². The van der Waals surface area contributed by atoms with Crippen molar-refractivity contribution in [1.29, 1.82) is 0 Å². The van der Waals surface area contributed by atoms with Gasteiger partial charge in [0, 0.05) is 32.5 Å². The van der Waals surface area contributed by atoms with Gasteiger partial charge >= 0.3 is 0 Å². The Kier molecular flexibility index (Phi) is 3.39. The fourth-order valence-corrected chi connectivity index (χ4v) is 2.89. The van der Waals surface area contributed by atoms with Crippen molar-refractivity contribution < 1.29 is 13.9 Å². The highest BCUT2D eigenvalue weighted by atomic mass is 16.7. The van der Waals surface area contributed by atoms with Crippen LogP contribution in [0.1, 0.15) is 24.6 Å². The zero-order valence-electron chi connectivity index (χ0n) is 10.5. The summed E-state index contributed by atoms with van der Waals surface area (Å²) in [5.74, 6) is 0.625. The van der Waals surface area contributed by atoms with Crippen LogP contribution < -0.4 is 5.73 Å². The van der Waals surface area contributed by atoms with Crippen LogP contribution in [0.3, 0.4) is 0 Å². The van der Waals surface area contributed by atoms with Gasteiger partial charge in [-0.3, -0.25) is 4.90 Å². The molecule has 2 fully saturated rings. The number of rotatable bonds is 3. The van der Waals surface area contributed by atoms with Crippen LogP contribution in [-0.2, 0) is 9.47 Å². The van der Waals surface area contributed by atoms with Crippen LogP contribution in [-0.4, -0.2) is 43.5 Å². The van der Waals surface area contributed by atoms with Crippen LogP contribution in [0.15, 0.2) is 22.8 Å². The minimum absolute atomic E-state index is 0.166. The number of hydrogen-bond donors (Lipinski definition) is 1. The summed E-state index contributed by atoms with van der Waals surface area (Å²) in [5, 5.41) is 0. The van der Waals surface area contributed by atoms with Gasteiger partial charge in [-0.2, -0.15) is 0 Å². The van der Waals surface area contributed by atoms with Gasteiger partial charge in [-0.25, -0.2) is 0 Å². The molecule has 3 rings (SSSR count). The predicted octanol–water partition coefficient (Wildman–Crippen LogP) is 1.12. The van der Waals surface area contributed by atoms with Gasteiger partial charge in [-0.05, 0) is 12.1 Å². The van der Waals surface area contributed by atoms with Gasteiger partial charge in [0.1, 0.15) is 5.76 Å². The number of nitrogens with zero attached hydrogens (tertiary/aromatic N) is 1. The number of likely N-dealkylation sites (tertiary alicyclic amines) is 1. The van der Waals surface area contributed by atoms with E-state index in [1.54, 1.807) is 6.26 Å². The van der Waals surface area contributed by atoms with Crippen LogP contribution in [0.25, 0.3) is 0 Å². The molecule has 0 aromatic carbocycles. The molecule has 18 heavy (non-hydrogen) atoms. The van der Waals surface area contributed by atoms with Crippen molar-refractivity contribution in [2.75, 3.05) is 32.8 Å². The summed E-state index contributed by atoms with van der Waals surface area (Å²) >= 11 is 0. The molecule has 0 amide bonds. The normalized spacial score (nSPS) is 25.6. The minimum atomic E-state index is -0.321. The second kappa shape index (κ2) is 5.01. The number of hydrogen-bond acceptors (Lipinski definition) is 5. The third kappa shape index (κ3) is 2.19. The lowest BCUT2D eigenvalue weighted by atomic mass is 10.0. The molecule has 1 atom stereocenters. The Morgan fingerprint density at radius 3 is 2.56 bits per heavy atom. The van der Waals surface area contributed by atoms with E-state index in [0.29, 0.717) is 6.54 Å². The highest BCUT2D eigenvalue weighted by Gasteiger charge is 2.41. The first kappa shape index (κ1) is 12.2. The zero-order chi connectivity index (χ0) is 12.4. The van der Waals surface area contributed by atoms with Gasteiger partial charge in [-0.15, -0.1) is 0 Å². The summed E-state index contributed by atoms with van der Waals surface area (Å²) < 4.78 is 16.9. The molecule has 3 heterocycles. The van der Waals surface area contributed by atoms with Crippen molar-refractivity contribution in [3.63, 3.8) is 0 Å². The summed E-state index contributed by atoms with van der Waals surface area (Å²) in [7, 11) is 0. The maximum atomic E-state index is 5.88. The second-order valence-electron chi connectivity index (χ2n) is 4.91. The average molecular weight is 252 g/mol. The first-order valence-corrected chi connectivity index (χ1v) is 6.58. The van der Waals surface area contributed by atoms with E-state index < -0.39 is 0 Å². The Morgan fingerprint density at radius 2 is 2.00 bits per heavy atom. The molecule has 2 aliphatic heterocycles. The van der Waals surface area contributed by atoms with E-state index in [9.17, 15) is 0 Å². The second-order valence-corrected chi connectivity index (χ2v) is 4.91. The van der Waals surface area contributed by atoms with Crippen LogP contribution in [0.2, 0.25) is 0 Å². The van der Waals surface area contributed by atoms with Crippen molar-refractivity contribution in [1.82, 2.24) is 4.90 Å². The molecule has 0 bridgehead atoms. The molecule has 1 aromatic rings. The van der Waals surface area contributed by atoms with Crippen LogP contribution in [0.4, 0.5) is 0 Å². The molecular formula is C13H20N2O3. The quantitative estimate of drug-likeness (QED) is 0.873. The molecule has 1 aromatic heterocycles. The van der Waals surface area contributed by atoms with Crippen LogP contribution in [0, 0.1) is 0 Å². The molecule has 1 spiro atoms. The van der Waals surface area contributed by atoms with E-state index in [2.05, 4.69) is 4.90 Å². The fraction of sp³-hybridized carbons (Fsp3) is 0.692. The Bertz CT molecular complexity index is 364. The van der Waals surface area contributed by atoms with Crippen molar-refractivity contribution in [3.05, 3.63) is 24.2 Å². The maximum absolute atomic E-state index is 5.88. The molecule has 100 valence electrons. The Balaban J connectivity index is 1.64. The lowest BCUT2D eigenvalue weighted by molar-refractivity contribution is -0.188. The van der Waals surface area contributed by atoms with Gasteiger partial charge < -0.3 is 19.6 Å². The van der Waals surface area contributed by atoms with E-state index in [-0.39, 0.29) is 11.8 Å². The van der Waals surface area contributed by atoms with Gasteiger partial charge in [0.15, 0.2) is 5.79 Å². The SMILES string of the molecule is NCC(c1ccco1)N1CCC2(CC1)OCCO2. The molecular weight excluding hydrogens is 232 g/mol. The van der Waals surface area contributed by atoms with Gasteiger partial charge in [-0.1, -0.05) is 0 Å². The molecule has 0 aliphatic carbocycles. The van der Waals surface area contributed by atoms with Crippen molar-refractivity contribution in [2.45, 2.75) is 24.7 Å². The zero-order valence-corrected chi connectivity index (χ0v) is 10.5. The Morgan fingerprint density at radius 1 is 1.28 bits per heavy atom. The fourth-order valence-electron chi connectivity index (χ4n) is 2.89. The number of piperidine rings is 1. The minimum Gasteiger partial charge on any atom is -0.468 e. The molecule has 0 radical (unpaired) electrons. The average Bonchev–Trinajstić information content (AvgIpc) is 3.05. The smallest absolute Gasteiger partial charge is 0.170 e. The molecule has 0 saturated carbocycles. The van der Waals surface area contributed by atoms with E-state index >= 15 is 0 Å². The third-order valence-corrected chi connectivity index (χ3v) is 3.91. The monoisotopic (exact) mass is 252 g/mol. The third-order valence-electron chi connectivity index (χ3n) is 3.91. The first-order chi connectivity index (χ1) is 8.83. The van der Waals surface area contributed by atoms with Gasteiger partial charge in [0.2, 0.25) is 0 Å². The summed E-state index contributed by atoms with van der Waals surface area (Å²) in [6.07, 6.45) is 3.51. The highest BCUT2D eigenvalue weighted by Crippen LogP contribution is 2.34. The Labute approximate surface area is 107 Å². The number of furan rings is 1. The number of ether oxygens (including phenoxy) is 2. The lowest BCUT2D eigenvalue weighted by Gasteiger charge is -2.40. The predicted molar refractivity (Wildman–Crippen MR) is 65.9 cm³/mol. The van der Waals surface area contributed by atoms with Gasteiger partial charge in [0.05, 0.1) is 25.5 Å². The number of nitrogens with two attached hydrogens (primary N) is 1.